The third kappa shape index (κ3) is 3.92. The Balaban J connectivity index is 3.00. The molecular weight excluding hydrogens is 262 g/mol. The fourth-order valence-electron chi connectivity index (χ4n) is 1.51. The summed E-state index contributed by atoms with van der Waals surface area (Å²) in [6.45, 7) is 5.56. The van der Waals surface area contributed by atoms with E-state index < -0.39 is 10.8 Å². The van der Waals surface area contributed by atoms with Crippen LogP contribution in [0.4, 0.5) is 11.4 Å². The molecular formula is C13H19N3O4. The molecule has 3 N–H and O–H groups in total. The van der Waals surface area contributed by atoms with E-state index in [-0.39, 0.29) is 23.3 Å². The highest BCUT2D eigenvalue weighted by Gasteiger charge is 2.22. The predicted octanol–water partition coefficient (Wildman–Crippen LogP) is 1.92. The van der Waals surface area contributed by atoms with Gasteiger partial charge in [-0.3, -0.25) is 14.9 Å². The third-order valence-electron chi connectivity index (χ3n) is 2.94. The molecule has 20 heavy (non-hydrogen) atoms. The monoisotopic (exact) mass is 281 g/mol. The Bertz CT molecular complexity index is 502. The highest BCUT2D eigenvalue weighted by Crippen LogP contribution is 2.29. The van der Waals surface area contributed by atoms with Crippen LogP contribution >= 0.6 is 0 Å². The number of anilines is 1. The highest BCUT2D eigenvalue weighted by molar-refractivity contribution is 5.95. The summed E-state index contributed by atoms with van der Waals surface area (Å²) in [5.74, 6) is -0.411. The molecule has 1 rings (SSSR count). The molecule has 0 aromatic heterocycles. The van der Waals surface area contributed by atoms with E-state index in [1.807, 2.05) is 0 Å². The van der Waals surface area contributed by atoms with E-state index in [4.69, 9.17) is 10.5 Å². The zero-order valence-corrected chi connectivity index (χ0v) is 11.8. The lowest BCUT2D eigenvalue weighted by Gasteiger charge is -2.15. The van der Waals surface area contributed by atoms with E-state index in [1.165, 1.54) is 12.1 Å². The van der Waals surface area contributed by atoms with Crippen LogP contribution in [-0.4, -0.2) is 23.5 Å². The summed E-state index contributed by atoms with van der Waals surface area (Å²) >= 11 is 0. The summed E-state index contributed by atoms with van der Waals surface area (Å²) in [6.07, 6.45) is 0. The number of benzene rings is 1. The number of nitro benzene ring substituents is 1. The van der Waals surface area contributed by atoms with E-state index in [1.54, 1.807) is 26.8 Å². The molecule has 0 fully saturated rings. The van der Waals surface area contributed by atoms with Gasteiger partial charge in [0.25, 0.3) is 5.69 Å². The van der Waals surface area contributed by atoms with Gasteiger partial charge in [0, 0.05) is 6.04 Å². The van der Waals surface area contributed by atoms with Crippen molar-refractivity contribution < 1.29 is 14.5 Å². The zero-order valence-electron chi connectivity index (χ0n) is 11.8. The van der Waals surface area contributed by atoms with E-state index in [0.29, 0.717) is 12.4 Å². The van der Waals surface area contributed by atoms with Crippen LogP contribution in [-0.2, 0) is 4.79 Å². The van der Waals surface area contributed by atoms with Gasteiger partial charge in [0.2, 0.25) is 5.91 Å². The van der Waals surface area contributed by atoms with Crippen molar-refractivity contribution in [1.82, 2.24) is 0 Å². The molecule has 110 valence electrons. The Morgan fingerprint density at radius 2 is 2.15 bits per heavy atom. The van der Waals surface area contributed by atoms with Gasteiger partial charge >= 0.3 is 0 Å². The summed E-state index contributed by atoms with van der Waals surface area (Å²) in [5, 5.41) is 13.6. The number of carbonyl (C=O) groups excluding carboxylic acids is 1. The average Bonchev–Trinajstić information content (AvgIpc) is 2.39. The van der Waals surface area contributed by atoms with Crippen LogP contribution in [0.25, 0.3) is 0 Å². The lowest BCUT2D eigenvalue weighted by molar-refractivity contribution is -0.384. The van der Waals surface area contributed by atoms with Gasteiger partial charge in [0.1, 0.15) is 11.4 Å². The smallest absolute Gasteiger partial charge is 0.296 e. The second-order valence-electron chi connectivity index (χ2n) is 4.51. The van der Waals surface area contributed by atoms with Crippen molar-refractivity contribution in [2.75, 3.05) is 11.9 Å². The maximum absolute atomic E-state index is 11.9. The number of nitrogens with zero attached hydrogens (tertiary/aromatic N) is 1. The first kappa shape index (κ1) is 15.9. The number of hydrogen-bond acceptors (Lipinski definition) is 5. The normalized spacial score (nSPS) is 13.4. The van der Waals surface area contributed by atoms with Gasteiger partial charge in [-0.1, -0.05) is 6.92 Å². The van der Waals surface area contributed by atoms with Crippen LogP contribution in [0.15, 0.2) is 18.2 Å². The number of nitro groups is 1. The zero-order chi connectivity index (χ0) is 15.3. The van der Waals surface area contributed by atoms with Gasteiger partial charge in [-0.25, -0.2) is 0 Å². The van der Waals surface area contributed by atoms with Crippen LogP contribution in [0.1, 0.15) is 20.8 Å². The second-order valence-corrected chi connectivity index (χ2v) is 4.51. The Labute approximate surface area is 117 Å². The molecule has 0 aliphatic carbocycles. The fraction of sp³-hybridized carbons (Fsp3) is 0.462. The summed E-state index contributed by atoms with van der Waals surface area (Å²) < 4.78 is 5.21. The van der Waals surface area contributed by atoms with E-state index in [0.717, 1.165) is 0 Å². The first-order chi connectivity index (χ1) is 9.36. The Morgan fingerprint density at radius 1 is 1.50 bits per heavy atom. The molecule has 0 radical (unpaired) electrons. The summed E-state index contributed by atoms with van der Waals surface area (Å²) in [6, 6.07) is 3.98. The molecule has 0 bridgehead atoms. The summed E-state index contributed by atoms with van der Waals surface area (Å²) in [5.41, 5.74) is 5.57. The molecule has 0 aliphatic rings. The first-order valence-corrected chi connectivity index (χ1v) is 6.34. The number of nitrogens with one attached hydrogen (secondary N) is 1. The van der Waals surface area contributed by atoms with Gasteiger partial charge in [0.15, 0.2) is 0 Å². The molecule has 0 spiro atoms. The molecule has 1 aromatic carbocycles. The van der Waals surface area contributed by atoms with Crippen LogP contribution < -0.4 is 15.8 Å². The number of amides is 1. The van der Waals surface area contributed by atoms with Gasteiger partial charge < -0.3 is 15.8 Å². The maximum atomic E-state index is 11.9. The topological polar surface area (TPSA) is 107 Å². The van der Waals surface area contributed by atoms with Crippen molar-refractivity contribution in [2.24, 2.45) is 11.7 Å². The van der Waals surface area contributed by atoms with Gasteiger partial charge in [-0.2, -0.15) is 0 Å². The molecule has 2 atom stereocenters. The minimum absolute atomic E-state index is 0.135. The summed E-state index contributed by atoms with van der Waals surface area (Å²) in [7, 11) is 0. The van der Waals surface area contributed by atoms with Gasteiger partial charge in [-0.05, 0) is 26.0 Å². The maximum Gasteiger partial charge on any atom is 0.296 e. The van der Waals surface area contributed by atoms with Crippen molar-refractivity contribution in [2.45, 2.75) is 26.8 Å². The predicted molar refractivity (Wildman–Crippen MR) is 75.7 cm³/mol. The lowest BCUT2D eigenvalue weighted by atomic mass is 10.0. The number of rotatable bonds is 6. The molecule has 0 aliphatic heterocycles. The largest absolute Gasteiger partial charge is 0.494 e. The van der Waals surface area contributed by atoms with Crippen molar-refractivity contribution in [1.29, 1.82) is 0 Å². The number of ether oxygens (including phenoxy) is 1. The molecule has 1 amide bonds. The summed E-state index contributed by atoms with van der Waals surface area (Å²) in [4.78, 5) is 22.4. The van der Waals surface area contributed by atoms with E-state index in [9.17, 15) is 14.9 Å². The van der Waals surface area contributed by atoms with Crippen LogP contribution in [0.5, 0.6) is 5.75 Å². The lowest BCUT2D eigenvalue weighted by Crippen LogP contribution is -2.34. The van der Waals surface area contributed by atoms with Crippen molar-refractivity contribution >= 4 is 17.3 Å². The molecule has 7 heteroatoms. The molecule has 1 aromatic rings. The molecule has 7 nitrogen and oxygen atoms in total. The Hall–Kier alpha value is -2.15. The van der Waals surface area contributed by atoms with E-state index >= 15 is 0 Å². The highest BCUT2D eigenvalue weighted by atomic mass is 16.6. The minimum atomic E-state index is -0.561. The van der Waals surface area contributed by atoms with Crippen molar-refractivity contribution in [3.05, 3.63) is 28.3 Å². The van der Waals surface area contributed by atoms with E-state index in [2.05, 4.69) is 5.32 Å². The Morgan fingerprint density at radius 3 is 2.65 bits per heavy atom. The van der Waals surface area contributed by atoms with Crippen molar-refractivity contribution in [3.63, 3.8) is 0 Å². The number of carbonyl (C=O) groups is 1. The van der Waals surface area contributed by atoms with Gasteiger partial charge in [0.05, 0.1) is 23.5 Å². The average molecular weight is 281 g/mol. The van der Waals surface area contributed by atoms with Crippen LogP contribution in [0.2, 0.25) is 0 Å². The Kier molecular flexibility index (Phi) is 5.45. The van der Waals surface area contributed by atoms with Gasteiger partial charge in [-0.15, -0.1) is 0 Å². The van der Waals surface area contributed by atoms with Crippen LogP contribution in [0, 0.1) is 16.0 Å². The van der Waals surface area contributed by atoms with Crippen LogP contribution in [0.3, 0.4) is 0 Å². The molecule has 0 heterocycles. The molecule has 0 saturated heterocycles. The molecule has 2 unspecified atom stereocenters. The minimum Gasteiger partial charge on any atom is -0.494 e. The fourth-order valence-corrected chi connectivity index (χ4v) is 1.51. The SMILES string of the molecule is CCOc1ccc(NC(=O)C(C)C(C)N)c([N+](=O)[O-])c1. The standard InChI is InChI=1S/C13H19N3O4/c1-4-20-10-5-6-11(12(7-10)16(18)19)15-13(17)8(2)9(3)14/h5-9H,4,14H2,1-3H3,(H,15,17). The molecule has 0 saturated carbocycles. The first-order valence-electron chi connectivity index (χ1n) is 6.34. The second kappa shape index (κ2) is 6.85. The quantitative estimate of drug-likeness (QED) is 0.611. The number of hydrogen-bond donors (Lipinski definition) is 2. The van der Waals surface area contributed by atoms with Crippen molar-refractivity contribution in [3.8, 4) is 5.75 Å². The number of nitrogens with two attached hydrogens (primary N) is 1. The third-order valence-corrected chi connectivity index (χ3v) is 2.94.